The van der Waals surface area contributed by atoms with Crippen LogP contribution in [0, 0.1) is 0 Å². The first-order valence-corrected chi connectivity index (χ1v) is 10.7. The number of fused-ring (bicyclic) bond motifs is 1. The number of piperidine rings is 1. The molecular weight excluding hydrogens is 403 g/mol. The maximum absolute atomic E-state index is 12.8. The van der Waals surface area contributed by atoms with Gasteiger partial charge in [0.15, 0.2) is 0 Å². The highest BCUT2D eigenvalue weighted by Crippen LogP contribution is 2.31. The first-order chi connectivity index (χ1) is 15.0. The Morgan fingerprint density at radius 3 is 2.39 bits per heavy atom. The predicted octanol–water partition coefficient (Wildman–Crippen LogP) is 5.68. The zero-order chi connectivity index (χ0) is 21.7. The van der Waals surface area contributed by atoms with Gasteiger partial charge in [-0.05, 0) is 75.3 Å². The molecule has 1 fully saturated rings. The summed E-state index contributed by atoms with van der Waals surface area (Å²) in [7, 11) is 0. The number of rotatable bonds is 7. The summed E-state index contributed by atoms with van der Waals surface area (Å²) in [5.41, 5.74) is 0.625. The fourth-order valence-electron chi connectivity index (χ4n) is 3.82. The van der Waals surface area contributed by atoms with Crippen LogP contribution in [-0.2, 0) is 6.18 Å². The summed E-state index contributed by atoms with van der Waals surface area (Å²) >= 11 is 0. The van der Waals surface area contributed by atoms with Crippen LogP contribution in [0.3, 0.4) is 0 Å². The Morgan fingerprint density at radius 1 is 0.903 bits per heavy atom. The second-order valence-corrected chi connectivity index (χ2v) is 7.80. The largest absolute Gasteiger partial charge is 0.416 e. The van der Waals surface area contributed by atoms with E-state index in [1.54, 1.807) is 0 Å². The van der Waals surface area contributed by atoms with Gasteiger partial charge in [0.2, 0.25) is 5.95 Å². The van der Waals surface area contributed by atoms with Crippen molar-refractivity contribution < 1.29 is 13.2 Å². The normalized spacial score (nSPS) is 15.2. The Morgan fingerprint density at radius 2 is 1.65 bits per heavy atom. The number of benzene rings is 2. The first-order valence-electron chi connectivity index (χ1n) is 10.7. The zero-order valence-electron chi connectivity index (χ0n) is 17.3. The van der Waals surface area contributed by atoms with Crippen molar-refractivity contribution >= 4 is 28.4 Å². The van der Waals surface area contributed by atoms with Crippen LogP contribution in [0.2, 0.25) is 0 Å². The average Bonchev–Trinajstić information content (AvgIpc) is 2.77. The van der Waals surface area contributed by atoms with Crippen molar-refractivity contribution in [2.45, 2.75) is 31.9 Å². The molecular formula is C23H26F3N5. The van der Waals surface area contributed by atoms with Gasteiger partial charge in [-0.2, -0.15) is 18.2 Å². The summed E-state index contributed by atoms with van der Waals surface area (Å²) in [5, 5.41) is 7.24. The Bertz CT molecular complexity index is 998. The van der Waals surface area contributed by atoms with Gasteiger partial charge < -0.3 is 15.5 Å². The molecule has 0 saturated carbocycles. The van der Waals surface area contributed by atoms with Crippen molar-refractivity contribution in [2.24, 2.45) is 0 Å². The maximum atomic E-state index is 12.8. The standard InChI is InChI=1S/C23H26F3N5/c24-23(25,26)17-9-11-18(12-10-17)28-21-19-7-2-3-8-20(19)29-22(30-21)27-13-6-16-31-14-4-1-5-15-31/h2-3,7-12H,1,4-6,13-16H2,(H2,27,28,29,30). The van der Waals surface area contributed by atoms with E-state index in [-0.39, 0.29) is 0 Å². The first kappa shape index (κ1) is 21.4. The minimum atomic E-state index is -4.36. The molecule has 1 aliphatic heterocycles. The van der Waals surface area contributed by atoms with Gasteiger partial charge in [0, 0.05) is 17.6 Å². The molecule has 0 atom stereocenters. The lowest BCUT2D eigenvalue weighted by molar-refractivity contribution is -0.137. The van der Waals surface area contributed by atoms with Gasteiger partial charge >= 0.3 is 6.18 Å². The van der Waals surface area contributed by atoms with E-state index in [2.05, 4.69) is 25.5 Å². The fourth-order valence-corrected chi connectivity index (χ4v) is 3.82. The molecule has 1 aromatic heterocycles. The van der Waals surface area contributed by atoms with Crippen molar-refractivity contribution in [3.63, 3.8) is 0 Å². The van der Waals surface area contributed by atoms with Crippen LogP contribution >= 0.6 is 0 Å². The third-order valence-electron chi connectivity index (χ3n) is 5.46. The Kier molecular flexibility index (Phi) is 6.56. The average molecular weight is 429 g/mol. The topological polar surface area (TPSA) is 53.1 Å². The van der Waals surface area contributed by atoms with E-state index in [0.29, 0.717) is 17.5 Å². The molecule has 5 nitrogen and oxygen atoms in total. The summed E-state index contributed by atoms with van der Waals surface area (Å²) in [6.07, 6.45) is 0.526. The molecule has 8 heteroatoms. The monoisotopic (exact) mass is 429 g/mol. The molecule has 0 amide bonds. The third-order valence-corrected chi connectivity index (χ3v) is 5.46. The van der Waals surface area contributed by atoms with Crippen LogP contribution in [0.4, 0.5) is 30.6 Å². The Balaban J connectivity index is 1.46. The van der Waals surface area contributed by atoms with Gasteiger partial charge in [-0.25, -0.2) is 4.98 Å². The van der Waals surface area contributed by atoms with Crippen LogP contribution < -0.4 is 10.6 Å². The molecule has 164 valence electrons. The highest BCUT2D eigenvalue weighted by Gasteiger charge is 2.30. The van der Waals surface area contributed by atoms with Crippen molar-refractivity contribution in [3.05, 3.63) is 54.1 Å². The molecule has 0 spiro atoms. The van der Waals surface area contributed by atoms with Gasteiger partial charge in [0.25, 0.3) is 0 Å². The van der Waals surface area contributed by atoms with E-state index in [0.717, 1.165) is 42.5 Å². The van der Waals surface area contributed by atoms with E-state index in [1.165, 1.54) is 44.5 Å². The molecule has 2 N–H and O–H groups in total. The maximum Gasteiger partial charge on any atom is 0.416 e. The number of hydrogen-bond acceptors (Lipinski definition) is 5. The van der Waals surface area contributed by atoms with Crippen LogP contribution in [0.1, 0.15) is 31.2 Å². The van der Waals surface area contributed by atoms with Crippen LogP contribution in [-0.4, -0.2) is 41.0 Å². The van der Waals surface area contributed by atoms with Crippen molar-refractivity contribution in [3.8, 4) is 0 Å². The lowest BCUT2D eigenvalue weighted by Crippen LogP contribution is -2.31. The number of alkyl halides is 3. The summed E-state index contributed by atoms with van der Waals surface area (Å²) in [6, 6.07) is 12.5. The number of anilines is 3. The molecule has 3 aromatic rings. The fraction of sp³-hybridized carbons (Fsp3) is 0.391. The van der Waals surface area contributed by atoms with Gasteiger partial charge in [0.1, 0.15) is 5.82 Å². The lowest BCUT2D eigenvalue weighted by atomic mass is 10.1. The van der Waals surface area contributed by atoms with Crippen LogP contribution in [0.15, 0.2) is 48.5 Å². The SMILES string of the molecule is FC(F)(F)c1ccc(Nc2nc(NCCCN3CCCCC3)nc3ccccc23)cc1. The van der Waals surface area contributed by atoms with E-state index in [4.69, 9.17) is 0 Å². The lowest BCUT2D eigenvalue weighted by Gasteiger charge is -2.26. The molecule has 0 unspecified atom stereocenters. The van der Waals surface area contributed by atoms with Crippen molar-refractivity contribution in [2.75, 3.05) is 36.8 Å². The molecule has 2 heterocycles. The molecule has 1 saturated heterocycles. The van der Waals surface area contributed by atoms with Gasteiger partial charge in [-0.1, -0.05) is 18.6 Å². The summed E-state index contributed by atoms with van der Waals surface area (Å²) in [5.74, 6) is 1.07. The molecule has 1 aliphatic rings. The number of nitrogens with one attached hydrogen (secondary N) is 2. The molecule has 0 aliphatic carbocycles. The highest BCUT2D eigenvalue weighted by molar-refractivity contribution is 5.91. The van der Waals surface area contributed by atoms with Gasteiger partial charge in [-0.3, -0.25) is 0 Å². The van der Waals surface area contributed by atoms with Crippen LogP contribution in [0.25, 0.3) is 10.9 Å². The number of aromatic nitrogens is 2. The molecule has 0 bridgehead atoms. The highest BCUT2D eigenvalue weighted by atomic mass is 19.4. The number of para-hydroxylation sites is 1. The second kappa shape index (κ2) is 9.51. The minimum absolute atomic E-state index is 0.506. The minimum Gasteiger partial charge on any atom is -0.354 e. The smallest absolute Gasteiger partial charge is 0.354 e. The zero-order valence-corrected chi connectivity index (χ0v) is 17.3. The summed E-state index contributed by atoms with van der Waals surface area (Å²) < 4.78 is 38.5. The quantitative estimate of drug-likeness (QED) is 0.473. The Labute approximate surface area is 179 Å². The van der Waals surface area contributed by atoms with Gasteiger partial charge in [-0.15, -0.1) is 0 Å². The van der Waals surface area contributed by atoms with Crippen LogP contribution in [0.5, 0.6) is 0 Å². The predicted molar refractivity (Wildman–Crippen MR) is 118 cm³/mol. The van der Waals surface area contributed by atoms with E-state index in [9.17, 15) is 13.2 Å². The number of halogens is 3. The van der Waals surface area contributed by atoms with E-state index < -0.39 is 11.7 Å². The van der Waals surface area contributed by atoms with E-state index in [1.807, 2.05) is 24.3 Å². The second-order valence-electron chi connectivity index (χ2n) is 7.80. The van der Waals surface area contributed by atoms with E-state index >= 15 is 0 Å². The molecule has 2 aromatic carbocycles. The molecule has 0 radical (unpaired) electrons. The Hall–Kier alpha value is -2.87. The number of nitrogens with zero attached hydrogens (tertiary/aromatic N) is 3. The number of likely N-dealkylation sites (tertiary alicyclic amines) is 1. The summed E-state index contributed by atoms with van der Waals surface area (Å²) in [6.45, 7) is 4.16. The van der Waals surface area contributed by atoms with Crippen molar-refractivity contribution in [1.29, 1.82) is 0 Å². The van der Waals surface area contributed by atoms with Gasteiger partial charge in [0.05, 0.1) is 11.1 Å². The third kappa shape index (κ3) is 5.64. The summed E-state index contributed by atoms with van der Waals surface area (Å²) in [4.78, 5) is 11.7. The van der Waals surface area contributed by atoms with Crippen molar-refractivity contribution in [1.82, 2.24) is 14.9 Å². The number of hydrogen-bond donors (Lipinski definition) is 2. The molecule has 31 heavy (non-hydrogen) atoms. The molecule has 4 rings (SSSR count).